The molecule has 3 aromatic rings. The number of hydrogen-bond acceptors (Lipinski definition) is 3. The number of anilines is 1. The zero-order valence-electron chi connectivity index (χ0n) is 18.5. The third-order valence-corrected chi connectivity index (χ3v) is 6.73. The van der Waals surface area contributed by atoms with Crippen LogP contribution < -0.4 is 4.90 Å². The maximum absolute atomic E-state index is 13.4. The van der Waals surface area contributed by atoms with Gasteiger partial charge in [-0.2, -0.15) is 13.2 Å². The molecular formula is C27H22ClF3N2O. The highest BCUT2D eigenvalue weighted by molar-refractivity contribution is 6.39. The lowest BCUT2D eigenvalue weighted by molar-refractivity contribution is -0.137. The number of alkyl halides is 3. The quantitative estimate of drug-likeness (QED) is 0.422. The Morgan fingerprint density at radius 1 is 0.824 bits per heavy atom. The van der Waals surface area contributed by atoms with Gasteiger partial charge in [-0.1, -0.05) is 54.1 Å². The standard InChI is InChI=1S/C27H22ClF3N2O/c1-17-6-11-20(28)16-23(17)32-12-14-33(15-13-32)25-21-4-2-3-5-22(21)26(34)24(25)18-7-9-19(10-8-18)27(29,30)31/h2-11,16H,12-15H2,1H3. The molecule has 3 nitrogen and oxygen atoms in total. The van der Waals surface area contributed by atoms with Crippen LogP contribution in [-0.2, 0) is 6.18 Å². The summed E-state index contributed by atoms with van der Waals surface area (Å²) in [4.78, 5) is 17.8. The van der Waals surface area contributed by atoms with E-state index in [2.05, 4.69) is 16.7 Å². The lowest BCUT2D eigenvalue weighted by atomic mass is 10.00. The highest BCUT2D eigenvalue weighted by Gasteiger charge is 2.35. The molecule has 0 unspecified atom stereocenters. The Balaban J connectivity index is 1.50. The maximum Gasteiger partial charge on any atom is 0.416 e. The number of Topliss-reactive ketones (excluding diaryl/α,β-unsaturated/α-hetero) is 1. The molecule has 1 aliphatic carbocycles. The first-order valence-corrected chi connectivity index (χ1v) is 11.4. The van der Waals surface area contributed by atoms with Gasteiger partial charge in [0.25, 0.3) is 0 Å². The van der Waals surface area contributed by atoms with E-state index in [1.165, 1.54) is 12.1 Å². The van der Waals surface area contributed by atoms with Crippen LogP contribution in [0.5, 0.6) is 0 Å². The largest absolute Gasteiger partial charge is 0.416 e. The maximum atomic E-state index is 13.4. The summed E-state index contributed by atoms with van der Waals surface area (Å²) < 4.78 is 39.3. The SMILES string of the molecule is Cc1ccc(Cl)cc1N1CCN(C2=C(c3ccc(C(F)(F)F)cc3)C(=O)c3ccccc32)CC1. The van der Waals surface area contributed by atoms with E-state index in [4.69, 9.17) is 11.6 Å². The molecule has 1 saturated heterocycles. The number of nitrogens with zero attached hydrogens (tertiary/aromatic N) is 2. The normalized spacial score (nSPS) is 16.3. The Morgan fingerprint density at radius 2 is 1.44 bits per heavy atom. The molecule has 0 amide bonds. The Bertz CT molecular complexity index is 1290. The number of rotatable bonds is 3. The summed E-state index contributed by atoms with van der Waals surface area (Å²) in [7, 11) is 0. The molecule has 7 heteroatoms. The molecule has 0 N–H and O–H groups in total. The van der Waals surface area contributed by atoms with Crippen LogP contribution in [-0.4, -0.2) is 36.9 Å². The zero-order chi connectivity index (χ0) is 24.0. The second-order valence-electron chi connectivity index (χ2n) is 8.58. The monoisotopic (exact) mass is 482 g/mol. The summed E-state index contributed by atoms with van der Waals surface area (Å²) in [5.74, 6) is -0.154. The number of allylic oxidation sites excluding steroid dienone is 1. The summed E-state index contributed by atoms with van der Waals surface area (Å²) in [6.07, 6.45) is -4.42. The van der Waals surface area contributed by atoms with Crippen LogP contribution in [0.25, 0.3) is 11.3 Å². The topological polar surface area (TPSA) is 23.6 Å². The lowest BCUT2D eigenvalue weighted by Crippen LogP contribution is -2.45. The number of ketones is 1. The van der Waals surface area contributed by atoms with Crippen molar-refractivity contribution in [3.8, 4) is 0 Å². The van der Waals surface area contributed by atoms with Crippen molar-refractivity contribution in [3.63, 3.8) is 0 Å². The smallest absolute Gasteiger partial charge is 0.368 e. The number of halogens is 4. The second-order valence-corrected chi connectivity index (χ2v) is 9.01. The van der Waals surface area contributed by atoms with Crippen LogP contribution in [0, 0.1) is 6.92 Å². The third-order valence-electron chi connectivity index (χ3n) is 6.50. The molecule has 0 aromatic heterocycles. The molecule has 1 heterocycles. The van der Waals surface area contributed by atoms with E-state index in [9.17, 15) is 18.0 Å². The number of carbonyl (C=O) groups excluding carboxylic acids is 1. The van der Waals surface area contributed by atoms with Gasteiger partial charge < -0.3 is 9.80 Å². The number of aryl methyl sites for hydroxylation is 1. The molecule has 0 bridgehead atoms. The minimum atomic E-state index is -4.42. The Hall–Kier alpha value is -3.25. The second kappa shape index (κ2) is 8.51. The number of piperazine rings is 1. The minimum Gasteiger partial charge on any atom is -0.368 e. The third kappa shape index (κ3) is 3.96. The molecule has 1 fully saturated rings. The van der Waals surface area contributed by atoms with E-state index in [1.807, 2.05) is 36.4 Å². The van der Waals surface area contributed by atoms with Gasteiger partial charge in [-0.15, -0.1) is 0 Å². The number of hydrogen-bond donors (Lipinski definition) is 0. The van der Waals surface area contributed by atoms with Gasteiger partial charge in [0.05, 0.1) is 16.8 Å². The highest BCUT2D eigenvalue weighted by atomic mass is 35.5. The first-order valence-electron chi connectivity index (χ1n) is 11.1. The van der Waals surface area contributed by atoms with Gasteiger partial charge in [0, 0.05) is 48.0 Å². The molecule has 0 spiro atoms. The van der Waals surface area contributed by atoms with E-state index < -0.39 is 11.7 Å². The van der Waals surface area contributed by atoms with Crippen LogP contribution in [0.15, 0.2) is 66.7 Å². The zero-order valence-corrected chi connectivity index (χ0v) is 19.2. The van der Waals surface area contributed by atoms with Crippen LogP contribution in [0.2, 0.25) is 5.02 Å². The fraction of sp³-hybridized carbons (Fsp3) is 0.222. The summed E-state index contributed by atoms with van der Waals surface area (Å²) in [5.41, 5.74) is 4.67. The van der Waals surface area contributed by atoms with Gasteiger partial charge in [0.2, 0.25) is 0 Å². The molecule has 0 atom stereocenters. The first kappa shape index (κ1) is 22.5. The van der Waals surface area contributed by atoms with E-state index in [-0.39, 0.29) is 5.78 Å². The number of fused-ring (bicyclic) bond motifs is 1. The Labute approximate surface area is 201 Å². The van der Waals surface area contributed by atoms with E-state index >= 15 is 0 Å². The molecule has 0 saturated carbocycles. The Kier molecular flexibility index (Phi) is 5.64. The molecule has 5 rings (SSSR count). The molecule has 3 aromatic carbocycles. The van der Waals surface area contributed by atoms with Gasteiger partial charge in [-0.3, -0.25) is 4.79 Å². The van der Waals surface area contributed by atoms with Crippen molar-refractivity contribution in [1.29, 1.82) is 0 Å². The summed E-state index contributed by atoms with van der Waals surface area (Å²) in [6, 6.07) is 18.1. The first-order chi connectivity index (χ1) is 16.2. The number of carbonyl (C=O) groups is 1. The van der Waals surface area contributed by atoms with Gasteiger partial charge >= 0.3 is 6.18 Å². The van der Waals surface area contributed by atoms with Crippen LogP contribution in [0.1, 0.15) is 32.6 Å². The van der Waals surface area contributed by atoms with Gasteiger partial charge in [0.1, 0.15) is 0 Å². The van der Waals surface area contributed by atoms with Crippen molar-refractivity contribution < 1.29 is 18.0 Å². The summed E-state index contributed by atoms with van der Waals surface area (Å²) in [6.45, 7) is 4.87. The highest BCUT2D eigenvalue weighted by Crippen LogP contribution is 2.41. The fourth-order valence-corrected chi connectivity index (χ4v) is 4.95. The molecule has 174 valence electrons. The summed E-state index contributed by atoms with van der Waals surface area (Å²) in [5, 5.41) is 0.686. The lowest BCUT2D eigenvalue weighted by Gasteiger charge is -2.39. The van der Waals surface area contributed by atoms with Gasteiger partial charge in [-0.25, -0.2) is 0 Å². The Morgan fingerprint density at radius 3 is 2.09 bits per heavy atom. The predicted octanol–water partition coefficient (Wildman–Crippen LogP) is 6.55. The average Bonchev–Trinajstić information content (AvgIpc) is 3.13. The van der Waals surface area contributed by atoms with E-state index in [1.54, 1.807) is 6.07 Å². The molecule has 34 heavy (non-hydrogen) atoms. The van der Waals surface area contributed by atoms with Crippen molar-refractivity contribution >= 4 is 34.3 Å². The fourth-order valence-electron chi connectivity index (χ4n) is 4.78. The van der Waals surface area contributed by atoms with Crippen molar-refractivity contribution in [1.82, 2.24) is 4.90 Å². The average molecular weight is 483 g/mol. The van der Waals surface area contributed by atoms with Crippen LogP contribution >= 0.6 is 11.6 Å². The van der Waals surface area contributed by atoms with E-state index in [0.717, 1.165) is 47.7 Å². The van der Waals surface area contributed by atoms with Crippen molar-refractivity contribution in [3.05, 3.63) is 99.6 Å². The van der Waals surface area contributed by atoms with Crippen molar-refractivity contribution in [2.24, 2.45) is 0 Å². The molecule has 0 radical (unpaired) electrons. The van der Waals surface area contributed by atoms with Crippen molar-refractivity contribution in [2.75, 3.05) is 31.1 Å². The summed E-state index contributed by atoms with van der Waals surface area (Å²) >= 11 is 6.21. The molecule has 2 aliphatic rings. The van der Waals surface area contributed by atoms with Crippen LogP contribution in [0.3, 0.4) is 0 Å². The van der Waals surface area contributed by atoms with Crippen molar-refractivity contribution in [2.45, 2.75) is 13.1 Å². The predicted molar refractivity (Wildman–Crippen MR) is 129 cm³/mol. The van der Waals surface area contributed by atoms with Gasteiger partial charge in [0.15, 0.2) is 5.78 Å². The van der Waals surface area contributed by atoms with Gasteiger partial charge in [-0.05, 0) is 42.3 Å². The van der Waals surface area contributed by atoms with E-state index in [0.29, 0.717) is 34.8 Å². The van der Waals surface area contributed by atoms with Crippen LogP contribution in [0.4, 0.5) is 18.9 Å². The number of benzene rings is 3. The molecular weight excluding hydrogens is 461 g/mol. The molecule has 1 aliphatic heterocycles. The minimum absolute atomic E-state index is 0.154.